The van der Waals surface area contributed by atoms with Gasteiger partial charge >= 0.3 is 0 Å². The van der Waals surface area contributed by atoms with E-state index in [0.717, 1.165) is 17.0 Å². The lowest BCUT2D eigenvalue weighted by Crippen LogP contribution is -2.26. The molecular formula is C13H18N2OS2. The van der Waals surface area contributed by atoms with E-state index in [1.807, 2.05) is 30.0 Å². The van der Waals surface area contributed by atoms with E-state index < -0.39 is 0 Å². The molecular weight excluding hydrogens is 264 g/mol. The number of anilines is 1. The van der Waals surface area contributed by atoms with Crippen LogP contribution in [0.5, 0.6) is 5.75 Å². The maximum Gasteiger partial charge on any atom is 0.120 e. The Bertz CT molecular complexity index is 431. The molecule has 1 saturated heterocycles. The molecule has 0 saturated carbocycles. The third kappa shape index (κ3) is 3.29. The maximum absolute atomic E-state index is 5.76. The lowest BCUT2D eigenvalue weighted by atomic mass is 10.1. The van der Waals surface area contributed by atoms with E-state index in [4.69, 9.17) is 22.7 Å². The molecule has 1 aromatic rings. The zero-order valence-electron chi connectivity index (χ0n) is 10.4. The molecule has 1 aliphatic rings. The Morgan fingerprint density at radius 2 is 2.17 bits per heavy atom. The smallest absolute Gasteiger partial charge is 0.120 e. The van der Waals surface area contributed by atoms with Crippen LogP contribution in [-0.4, -0.2) is 29.6 Å². The molecule has 98 valence electrons. The van der Waals surface area contributed by atoms with E-state index in [0.29, 0.717) is 11.0 Å². The monoisotopic (exact) mass is 282 g/mol. The van der Waals surface area contributed by atoms with Gasteiger partial charge in [0.2, 0.25) is 0 Å². The summed E-state index contributed by atoms with van der Waals surface area (Å²) in [6.07, 6.45) is 2.36. The number of ether oxygens (including phenoxy) is 1. The lowest BCUT2D eigenvalue weighted by Gasteiger charge is -2.25. The van der Waals surface area contributed by atoms with Gasteiger partial charge in [-0.3, -0.25) is 0 Å². The highest BCUT2D eigenvalue weighted by molar-refractivity contribution is 7.99. The van der Waals surface area contributed by atoms with Gasteiger partial charge in [0.1, 0.15) is 10.7 Å². The number of hydrogen-bond acceptors (Lipinski definition) is 4. The van der Waals surface area contributed by atoms with Crippen LogP contribution in [0.4, 0.5) is 5.69 Å². The number of rotatable bonds is 4. The van der Waals surface area contributed by atoms with Crippen LogP contribution in [0.15, 0.2) is 18.2 Å². The number of hydrogen-bond donors (Lipinski definition) is 2. The van der Waals surface area contributed by atoms with Gasteiger partial charge in [0.15, 0.2) is 0 Å². The molecule has 18 heavy (non-hydrogen) atoms. The summed E-state index contributed by atoms with van der Waals surface area (Å²) in [4.78, 5) is 0.422. The molecule has 1 aromatic carbocycles. The molecule has 0 atom stereocenters. The molecule has 0 aromatic heterocycles. The van der Waals surface area contributed by atoms with Gasteiger partial charge in [-0.15, -0.1) is 0 Å². The van der Waals surface area contributed by atoms with Crippen molar-refractivity contribution in [3.05, 3.63) is 23.8 Å². The first-order valence-corrected chi connectivity index (χ1v) is 7.59. The summed E-state index contributed by atoms with van der Waals surface area (Å²) in [7, 11) is 1.66. The number of benzene rings is 1. The van der Waals surface area contributed by atoms with Crippen molar-refractivity contribution in [2.24, 2.45) is 5.73 Å². The summed E-state index contributed by atoms with van der Waals surface area (Å²) in [6, 6.07) is 6.28. The highest BCUT2D eigenvalue weighted by Gasteiger charge is 2.16. The van der Waals surface area contributed by atoms with Crippen molar-refractivity contribution in [2.75, 3.05) is 23.9 Å². The summed E-state index contributed by atoms with van der Waals surface area (Å²) < 4.78 is 5.25. The zero-order chi connectivity index (χ0) is 13.0. The standard InChI is InChI=1S/C13H18N2OS2/c1-16-10-2-3-11(13(14)17)12(8-10)15-9-4-6-18-7-5-9/h2-3,8-9,15H,4-7H2,1H3,(H2,14,17). The predicted molar refractivity (Wildman–Crippen MR) is 82.9 cm³/mol. The molecule has 0 unspecified atom stereocenters. The summed E-state index contributed by atoms with van der Waals surface area (Å²) >= 11 is 7.10. The van der Waals surface area contributed by atoms with E-state index in [9.17, 15) is 0 Å². The normalized spacial score (nSPS) is 16.3. The first-order valence-electron chi connectivity index (χ1n) is 6.03. The van der Waals surface area contributed by atoms with Gasteiger partial charge in [-0.25, -0.2) is 0 Å². The summed E-state index contributed by atoms with van der Waals surface area (Å²) in [6.45, 7) is 0. The summed E-state index contributed by atoms with van der Waals surface area (Å²) in [5.74, 6) is 3.25. The molecule has 5 heteroatoms. The number of thioether (sulfide) groups is 1. The van der Waals surface area contributed by atoms with Crippen LogP contribution in [0, 0.1) is 0 Å². The fraction of sp³-hybridized carbons (Fsp3) is 0.462. The zero-order valence-corrected chi connectivity index (χ0v) is 12.1. The second-order valence-electron chi connectivity index (χ2n) is 4.31. The van der Waals surface area contributed by atoms with Crippen molar-refractivity contribution in [2.45, 2.75) is 18.9 Å². The average Bonchev–Trinajstić information content (AvgIpc) is 2.39. The minimum atomic E-state index is 0.422. The molecule has 0 radical (unpaired) electrons. The van der Waals surface area contributed by atoms with Gasteiger partial charge in [-0.1, -0.05) is 12.2 Å². The van der Waals surface area contributed by atoms with Crippen molar-refractivity contribution in [3.63, 3.8) is 0 Å². The first-order chi connectivity index (χ1) is 8.70. The number of nitrogens with one attached hydrogen (secondary N) is 1. The highest BCUT2D eigenvalue weighted by atomic mass is 32.2. The lowest BCUT2D eigenvalue weighted by molar-refractivity contribution is 0.415. The van der Waals surface area contributed by atoms with Crippen LogP contribution in [0.2, 0.25) is 0 Å². The van der Waals surface area contributed by atoms with E-state index in [-0.39, 0.29) is 0 Å². The Balaban J connectivity index is 2.19. The first kappa shape index (κ1) is 13.5. The fourth-order valence-electron chi connectivity index (χ4n) is 2.05. The Morgan fingerprint density at radius 3 is 2.78 bits per heavy atom. The van der Waals surface area contributed by atoms with Gasteiger partial charge in [-0.05, 0) is 36.5 Å². The third-order valence-corrected chi connectivity index (χ3v) is 4.34. The molecule has 3 nitrogen and oxygen atoms in total. The van der Waals surface area contributed by atoms with Crippen molar-refractivity contribution < 1.29 is 4.74 Å². The topological polar surface area (TPSA) is 47.3 Å². The van der Waals surface area contributed by atoms with E-state index in [1.165, 1.54) is 24.3 Å². The van der Waals surface area contributed by atoms with Crippen LogP contribution in [-0.2, 0) is 0 Å². The molecule has 1 aliphatic heterocycles. The minimum absolute atomic E-state index is 0.422. The second-order valence-corrected chi connectivity index (χ2v) is 5.97. The molecule has 0 aliphatic carbocycles. The fourth-order valence-corrected chi connectivity index (χ4v) is 3.33. The molecule has 0 bridgehead atoms. The average molecular weight is 282 g/mol. The van der Waals surface area contributed by atoms with Crippen LogP contribution >= 0.6 is 24.0 Å². The molecule has 0 spiro atoms. The van der Waals surface area contributed by atoms with Crippen LogP contribution in [0.1, 0.15) is 18.4 Å². The van der Waals surface area contributed by atoms with Crippen molar-refractivity contribution in [3.8, 4) is 5.75 Å². The van der Waals surface area contributed by atoms with E-state index >= 15 is 0 Å². The Labute approximate surface area is 117 Å². The minimum Gasteiger partial charge on any atom is -0.497 e. The molecule has 1 fully saturated rings. The number of thiocarbonyl (C=S) groups is 1. The molecule has 3 N–H and O–H groups in total. The second kappa shape index (κ2) is 6.29. The molecule has 0 amide bonds. The highest BCUT2D eigenvalue weighted by Crippen LogP contribution is 2.26. The van der Waals surface area contributed by atoms with Crippen LogP contribution < -0.4 is 15.8 Å². The molecule has 1 heterocycles. The largest absolute Gasteiger partial charge is 0.497 e. The van der Waals surface area contributed by atoms with Gasteiger partial charge in [0.25, 0.3) is 0 Å². The third-order valence-electron chi connectivity index (χ3n) is 3.07. The molecule has 2 rings (SSSR count). The number of nitrogens with two attached hydrogens (primary N) is 1. The van der Waals surface area contributed by atoms with Gasteiger partial charge in [0, 0.05) is 23.4 Å². The SMILES string of the molecule is COc1ccc(C(N)=S)c(NC2CCSCC2)c1. The summed E-state index contributed by atoms with van der Waals surface area (Å²) in [5, 5.41) is 3.54. The van der Waals surface area contributed by atoms with E-state index in [1.54, 1.807) is 7.11 Å². The van der Waals surface area contributed by atoms with Crippen molar-refractivity contribution in [1.29, 1.82) is 0 Å². The van der Waals surface area contributed by atoms with Gasteiger partial charge in [0.05, 0.1) is 7.11 Å². The van der Waals surface area contributed by atoms with Crippen LogP contribution in [0.3, 0.4) is 0 Å². The Hall–Kier alpha value is -0.940. The van der Waals surface area contributed by atoms with Crippen molar-refractivity contribution in [1.82, 2.24) is 0 Å². The van der Waals surface area contributed by atoms with Crippen LogP contribution in [0.25, 0.3) is 0 Å². The van der Waals surface area contributed by atoms with Gasteiger partial charge in [-0.2, -0.15) is 11.8 Å². The summed E-state index contributed by atoms with van der Waals surface area (Å²) in [5.41, 5.74) is 7.64. The van der Waals surface area contributed by atoms with E-state index in [2.05, 4.69) is 5.32 Å². The van der Waals surface area contributed by atoms with Gasteiger partial charge < -0.3 is 15.8 Å². The Morgan fingerprint density at radius 1 is 1.44 bits per heavy atom. The number of methoxy groups -OCH3 is 1. The Kier molecular flexibility index (Phi) is 4.72. The van der Waals surface area contributed by atoms with Crippen molar-refractivity contribution >= 4 is 34.7 Å². The quantitative estimate of drug-likeness (QED) is 0.831. The maximum atomic E-state index is 5.76. The predicted octanol–water partition coefficient (Wildman–Crippen LogP) is 2.64.